The van der Waals surface area contributed by atoms with Crippen molar-refractivity contribution in [3.63, 3.8) is 0 Å². The minimum absolute atomic E-state index is 0.342. The van der Waals surface area contributed by atoms with E-state index in [1.165, 1.54) is 19.4 Å². The van der Waals surface area contributed by atoms with Gasteiger partial charge >= 0.3 is 0 Å². The smallest absolute Gasteiger partial charge is 0.231 e. The predicted molar refractivity (Wildman–Crippen MR) is 78.3 cm³/mol. The molecule has 102 valence electrons. The second-order valence-electron chi connectivity index (χ2n) is 4.64. The Morgan fingerprint density at radius 2 is 1.55 bits per heavy atom. The van der Waals surface area contributed by atoms with Gasteiger partial charge in [0.2, 0.25) is 11.8 Å². The number of carbonyl (C=O) groups is 2. The van der Waals surface area contributed by atoms with E-state index in [1.807, 2.05) is 37.3 Å². The molecule has 0 bridgehead atoms. The van der Waals surface area contributed by atoms with E-state index in [0.717, 1.165) is 16.0 Å². The fourth-order valence-corrected chi connectivity index (χ4v) is 2.01. The maximum Gasteiger partial charge on any atom is 0.231 e. The van der Waals surface area contributed by atoms with Crippen LogP contribution in [0.3, 0.4) is 0 Å². The minimum atomic E-state index is -0.342. The van der Waals surface area contributed by atoms with Gasteiger partial charge in [-0.05, 0) is 30.2 Å². The lowest BCUT2D eigenvalue weighted by atomic mass is 10.1. The highest BCUT2D eigenvalue weighted by molar-refractivity contribution is 6.12. The van der Waals surface area contributed by atoms with Crippen LogP contribution in [0.2, 0.25) is 0 Å². The molecular weight excluding hydrogens is 252 g/mol. The zero-order valence-electron chi connectivity index (χ0n) is 11.8. The number of imide groups is 1. The van der Waals surface area contributed by atoms with Crippen LogP contribution in [0.1, 0.15) is 19.4 Å². The van der Waals surface area contributed by atoms with Crippen LogP contribution in [0.25, 0.3) is 11.1 Å². The molecule has 2 amide bonds. The van der Waals surface area contributed by atoms with Gasteiger partial charge in [-0.3, -0.25) is 9.59 Å². The highest BCUT2D eigenvalue weighted by Crippen LogP contribution is 2.23. The Morgan fingerprint density at radius 3 is 2.10 bits per heavy atom. The lowest BCUT2D eigenvalue weighted by Gasteiger charge is -2.16. The topological polar surface area (TPSA) is 50.3 Å². The summed E-state index contributed by atoms with van der Waals surface area (Å²) in [7, 11) is 0. The number of pyridine rings is 1. The van der Waals surface area contributed by atoms with Gasteiger partial charge in [0.05, 0.1) is 0 Å². The van der Waals surface area contributed by atoms with E-state index in [2.05, 4.69) is 4.98 Å². The Bertz CT molecular complexity index is 634. The van der Waals surface area contributed by atoms with Crippen molar-refractivity contribution in [2.24, 2.45) is 0 Å². The molecule has 0 aliphatic heterocycles. The molecule has 0 spiro atoms. The molecule has 1 aromatic heterocycles. The maximum absolute atomic E-state index is 11.5. The van der Waals surface area contributed by atoms with Gasteiger partial charge in [0.25, 0.3) is 0 Å². The van der Waals surface area contributed by atoms with Crippen molar-refractivity contribution in [2.75, 3.05) is 4.90 Å². The summed E-state index contributed by atoms with van der Waals surface area (Å²) in [6.07, 6.45) is 1.60. The van der Waals surface area contributed by atoms with Crippen molar-refractivity contribution < 1.29 is 9.59 Å². The summed E-state index contributed by atoms with van der Waals surface area (Å²) >= 11 is 0. The van der Waals surface area contributed by atoms with Crippen LogP contribution in [0, 0.1) is 6.92 Å². The zero-order chi connectivity index (χ0) is 14.7. The summed E-state index contributed by atoms with van der Waals surface area (Å²) in [6.45, 7) is 4.72. The van der Waals surface area contributed by atoms with E-state index in [4.69, 9.17) is 0 Å². The molecule has 2 aromatic rings. The predicted octanol–water partition coefficient (Wildman–Crippen LogP) is 2.96. The summed E-state index contributed by atoms with van der Waals surface area (Å²) in [4.78, 5) is 28.3. The molecule has 20 heavy (non-hydrogen) atoms. The highest BCUT2D eigenvalue weighted by atomic mass is 16.2. The van der Waals surface area contributed by atoms with Crippen LogP contribution >= 0.6 is 0 Å². The first-order chi connectivity index (χ1) is 9.49. The first-order valence-electron chi connectivity index (χ1n) is 6.33. The third kappa shape index (κ3) is 2.91. The van der Waals surface area contributed by atoms with Gasteiger partial charge in [0.1, 0.15) is 5.82 Å². The largest absolute Gasteiger partial charge is 0.274 e. The molecule has 0 saturated carbocycles. The lowest BCUT2D eigenvalue weighted by molar-refractivity contribution is -0.124. The summed E-state index contributed by atoms with van der Waals surface area (Å²) < 4.78 is 0. The lowest BCUT2D eigenvalue weighted by Crippen LogP contribution is -2.33. The average molecular weight is 268 g/mol. The normalized spacial score (nSPS) is 10.2. The third-order valence-electron chi connectivity index (χ3n) is 2.99. The molecule has 0 unspecified atom stereocenters. The molecule has 0 aliphatic rings. The Morgan fingerprint density at radius 1 is 0.950 bits per heavy atom. The van der Waals surface area contributed by atoms with Crippen molar-refractivity contribution in [3.05, 3.63) is 48.2 Å². The third-order valence-corrected chi connectivity index (χ3v) is 2.99. The van der Waals surface area contributed by atoms with E-state index >= 15 is 0 Å². The molecule has 1 heterocycles. The van der Waals surface area contributed by atoms with E-state index in [1.54, 1.807) is 12.3 Å². The Kier molecular flexibility index (Phi) is 3.94. The van der Waals surface area contributed by atoms with Gasteiger partial charge in [0, 0.05) is 20.0 Å². The standard InChI is InChI=1S/C16H16N2O2/c1-11-4-6-14(7-5-11)15-8-9-17-16(10-15)18(12(2)19)13(3)20/h4-10H,1-3H3. The van der Waals surface area contributed by atoms with Crippen molar-refractivity contribution in [3.8, 4) is 11.1 Å². The van der Waals surface area contributed by atoms with Gasteiger partial charge < -0.3 is 0 Å². The molecule has 4 heteroatoms. The van der Waals surface area contributed by atoms with E-state index < -0.39 is 0 Å². The van der Waals surface area contributed by atoms with Gasteiger partial charge in [-0.15, -0.1) is 0 Å². The number of hydrogen-bond acceptors (Lipinski definition) is 3. The minimum Gasteiger partial charge on any atom is -0.274 e. The van der Waals surface area contributed by atoms with Crippen LogP contribution in [0.4, 0.5) is 5.82 Å². The summed E-state index contributed by atoms with van der Waals surface area (Å²) in [6, 6.07) is 11.6. The number of nitrogens with zero attached hydrogens (tertiary/aromatic N) is 2. The summed E-state index contributed by atoms with van der Waals surface area (Å²) in [5, 5.41) is 0. The number of carbonyl (C=O) groups excluding carboxylic acids is 2. The monoisotopic (exact) mass is 268 g/mol. The van der Waals surface area contributed by atoms with Crippen LogP contribution < -0.4 is 4.90 Å². The molecule has 0 atom stereocenters. The molecule has 4 nitrogen and oxygen atoms in total. The number of rotatable bonds is 2. The molecular formula is C16H16N2O2. The fourth-order valence-electron chi connectivity index (χ4n) is 2.01. The van der Waals surface area contributed by atoms with Crippen molar-refractivity contribution in [1.82, 2.24) is 4.98 Å². The van der Waals surface area contributed by atoms with Gasteiger partial charge in [-0.1, -0.05) is 29.8 Å². The van der Waals surface area contributed by atoms with Crippen LogP contribution in [-0.2, 0) is 9.59 Å². The first kappa shape index (κ1) is 13.9. The molecule has 0 N–H and O–H groups in total. The van der Waals surface area contributed by atoms with Crippen LogP contribution in [0.15, 0.2) is 42.6 Å². The van der Waals surface area contributed by atoms with Gasteiger partial charge in [-0.2, -0.15) is 0 Å². The number of aromatic nitrogens is 1. The van der Waals surface area contributed by atoms with Crippen molar-refractivity contribution in [1.29, 1.82) is 0 Å². The second-order valence-corrected chi connectivity index (χ2v) is 4.64. The Labute approximate surface area is 118 Å². The van der Waals surface area contributed by atoms with Crippen molar-refractivity contribution >= 4 is 17.6 Å². The van der Waals surface area contributed by atoms with E-state index in [9.17, 15) is 9.59 Å². The summed E-state index contributed by atoms with van der Waals surface area (Å²) in [5.74, 6) is -0.333. The summed E-state index contributed by atoms with van der Waals surface area (Å²) in [5.41, 5.74) is 3.12. The first-order valence-corrected chi connectivity index (χ1v) is 6.33. The average Bonchev–Trinajstić information content (AvgIpc) is 2.39. The quantitative estimate of drug-likeness (QED) is 0.841. The van der Waals surface area contributed by atoms with E-state index in [-0.39, 0.29) is 11.8 Å². The van der Waals surface area contributed by atoms with Gasteiger partial charge in [0.15, 0.2) is 0 Å². The Hall–Kier alpha value is -2.49. The van der Waals surface area contributed by atoms with Crippen molar-refractivity contribution in [2.45, 2.75) is 20.8 Å². The molecule has 0 fully saturated rings. The highest BCUT2D eigenvalue weighted by Gasteiger charge is 2.17. The SMILES string of the molecule is CC(=O)N(C(C)=O)c1cc(-c2ccc(C)cc2)ccn1. The molecule has 1 aromatic carbocycles. The number of hydrogen-bond donors (Lipinski definition) is 0. The molecule has 2 rings (SSSR count). The number of anilines is 1. The van der Waals surface area contributed by atoms with Crippen LogP contribution in [-0.4, -0.2) is 16.8 Å². The number of benzene rings is 1. The molecule has 0 aliphatic carbocycles. The second kappa shape index (κ2) is 5.65. The molecule has 0 saturated heterocycles. The van der Waals surface area contributed by atoms with Gasteiger partial charge in [-0.25, -0.2) is 9.88 Å². The Balaban J connectivity index is 2.44. The number of aryl methyl sites for hydroxylation is 1. The molecule has 0 radical (unpaired) electrons. The van der Waals surface area contributed by atoms with Crippen LogP contribution in [0.5, 0.6) is 0 Å². The van der Waals surface area contributed by atoms with E-state index in [0.29, 0.717) is 5.82 Å². The fraction of sp³-hybridized carbons (Fsp3) is 0.188. The zero-order valence-corrected chi connectivity index (χ0v) is 11.8. The number of amides is 2. The maximum atomic E-state index is 11.5.